The van der Waals surface area contributed by atoms with E-state index in [0.29, 0.717) is 33.7 Å². The van der Waals surface area contributed by atoms with Crippen LogP contribution in [-0.2, 0) is 12.8 Å². The van der Waals surface area contributed by atoms with Crippen LogP contribution < -0.4 is 24.4 Å². The van der Waals surface area contributed by atoms with Crippen molar-refractivity contribution in [2.75, 3.05) is 45.6 Å². The highest BCUT2D eigenvalue weighted by atomic mass is 32.1. The minimum atomic E-state index is -0.133. The maximum absolute atomic E-state index is 13.5. The van der Waals surface area contributed by atoms with E-state index in [1.807, 2.05) is 55.4 Å². The first-order chi connectivity index (χ1) is 17.4. The summed E-state index contributed by atoms with van der Waals surface area (Å²) in [6.07, 6.45) is 4.63. The summed E-state index contributed by atoms with van der Waals surface area (Å²) in [5, 5.41) is 3.78. The van der Waals surface area contributed by atoms with Crippen molar-refractivity contribution >= 4 is 39.8 Å². The van der Waals surface area contributed by atoms with Crippen molar-refractivity contribution in [3.05, 3.63) is 58.0 Å². The summed E-state index contributed by atoms with van der Waals surface area (Å²) in [5.41, 5.74) is 4.34. The van der Waals surface area contributed by atoms with E-state index in [2.05, 4.69) is 12.2 Å². The molecular weight excluding hydrogens is 474 g/mol. The number of methoxy groups -OCH3 is 3. The van der Waals surface area contributed by atoms with Crippen LogP contribution in [0.4, 0.5) is 16.4 Å². The van der Waals surface area contributed by atoms with Crippen molar-refractivity contribution in [1.29, 1.82) is 0 Å². The fourth-order valence-corrected chi connectivity index (χ4v) is 5.80. The zero-order chi connectivity index (χ0) is 25.8. The monoisotopic (exact) mass is 507 g/mol. The van der Waals surface area contributed by atoms with E-state index < -0.39 is 0 Å². The van der Waals surface area contributed by atoms with Crippen LogP contribution in [0.5, 0.6) is 17.2 Å². The lowest BCUT2D eigenvalue weighted by molar-refractivity contribution is 0.102. The molecule has 1 heterocycles. The van der Waals surface area contributed by atoms with Gasteiger partial charge in [-0.3, -0.25) is 4.79 Å². The van der Waals surface area contributed by atoms with Gasteiger partial charge < -0.3 is 24.4 Å². The Hall–Kier alpha value is -3.52. The Bertz CT molecular complexity index is 1260. The van der Waals surface area contributed by atoms with E-state index in [1.165, 1.54) is 4.88 Å². The number of hydrogen-bond acceptors (Lipinski definition) is 7. The molecule has 1 amide bonds. The molecule has 1 atom stereocenters. The average Bonchev–Trinajstić information content (AvgIpc) is 3.24. The third-order valence-corrected chi connectivity index (χ3v) is 7.58. The van der Waals surface area contributed by atoms with Crippen molar-refractivity contribution in [2.45, 2.75) is 26.2 Å². The van der Waals surface area contributed by atoms with Gasteiger partial charge in [0.1, 0.15) is 5.00 Å². The van der Waals surface area contributed by atoms with Crippen LogP contribution in [0.15, 0.2) is 41.4 Å². The molecule has 4 rings (SSSR count). The van der Waals surface area contributed by atoms with Crippen LogP contribution in [0.25, 0.3) is 0 Å². The van der Waals surface area contributed by atoms with Crippen molar-refractivity contribution < 1.29 is 19.0 Å². The Balaban J connectivity index is 1.70. The van der Waals surface area contributed by atoms with Crippen LogP contribution in [0, 0.1) is 5.92 Å². The molecule has 1 aliphatic carbocycles. The number of amides is 1. The summed E-state index contributed by atoms with van der Waals surface area (Å²) in [6, 6.07) is 11.5. The Labute approximate surface area is 216 Å². The first kappa shape index (κ1) is 25.6. The SMILES string of the molecule is COc1ccc(C=Nc2sc3c(c2C(=O)Nc2ccc(N(C)C)cc2)CC[C@@H](C)C3)c(OC)c1OC. The number of carbonyl (C=O) groups excluding carboxylic acids is 1. The number of thiophene rings is 1. The normalized spacial score (nSPS) is 14.9. The number of hydrogen-bond donors (Lipinski definition) is 1. The van der Waals surface area contributed by atoms with Gasteiger partial charge in [-0.15, -0.1) is 11.3 Å². The lowest BCUT2D eigenvalue weighted by Crippen LogP contribution is -2.17. The van der Waals surface area contributed by atoms with E-state index in [-0.39, 0.29) is 5.91 Å². The maximum atomic E-state index is 13.5. The molecule has 0 saturated carbocycles. The van der Waals surface area contributed by atoms with Gasteiger partial charge in [0, 0.05) is 42.1 Å². The molecule has 1 aromatic heterocycles. The van der Waals surface area contributed by atoms with Gasteiger partial charge in [0.25, 0.3) is 5.91 Å². The van der Waals surface area contributed by atoms with Crippen LogP contribution in [-0.4, -0.2) is 47.5 Å². The molecule has 2 aromatic carbocycles. The smallest absolute Gasteiger partial charge is 0.259 e. The lowest BCUT2D eigenvalue weighted by atomic mass is 9.88. The minimum absolute atomic E-state index is 0.133. The topological polar surface area (TPSA) is 72.4 Å². The average molecular weight is 508 g/mol. The molecule has 7 nitrogen and oxygen atoms in total. The second kappa shape index (κ2) is 11.0. The fourth-order valence-electron chi connectivity index (χ4n) is 4.45. The third kappa shape index (κ3) is 5.18. The van der Waals surface area contributed by atoms with Gasteiger partial charge in [0.2, 0.25) is 5.75 Å². The molecule has 0 bridgehead atoms. The quantitative estimate of drug-likeness (QED) is 0.381. The predicted octanol–water partition coefficient (Wildman–Crippen LogP) is 5.97. The van der Waals surface area contributed by atoms with Crippen molar-refractivity contribution in [1.82, 2.24) is 0 Å². The zero-order valence-electron chi connectivity index (χ0n) is 21.7. The summed E-state index contributed by atoms with van der Waals surface area (Å²) in [4.78, 5) is 21.6. The van der Waals surface area contributed by atoms with Gasteiger partial charge in [-0.25, -0.2) is 4.99 Å². The number of ether oxygens (including phenoxy) is 3. The number of nitrogens with one attached hydrogen (secondary N) is 1. The molecule has 0 saturated heterocycles. The first-order valence-corrected chi connectivity index (χ1v) is 12.7. The van der Waals surface area contributed by atoms with Crippen molar-refractivity contribution in [3.63, 3.8) is 0 Å². The molecule has 3 aromatic rings. The van der Waals surface area contributed by atoms with E-state index in [0.717, 1.165) is 41.8 Å². The second-order valence-electron chi connectivity index (χ2n) is 9.11. The van der Waals surface area contributed by atoms with Gasteiger partial charge >= 0.3 is 0 Å². The number of fused-ring (bicyclic) bond motifs is 1. The summed E-state index contributed by atoms with van der Waals surface area (Å²) in [5.74, 6) is 2.07. The molecular formula is C28H33N3O4S. The standard InChI is InChI=1S/C28H33N3O4S/c1-17-7-13-21-23(15-17)36-28(24(21)27(32)30-19-9-11-20(12-10-19)31(2)3)29-16-18-8-14-22(33-4)26(35-6)25(18)34-5/h8-12,14,16-17H,7,13,15H2,1-6H3,(H,30,32)/t17-/m1/s1. The molecule has 0 aliphatic heterocycles. The summed E-state index contributed by atoms with van der Waals surface area (Å²) in [6.45, 7) is 2.26. The number of anilines is 2. The highest BCUT2D eigenvalue weighted by molar-refractivity contribution is 7.16. The highest BCUT2D eigenvalue weighted by Gasteiger charge is 2.27. The number of benzene rings is 2. The Kier molecular flexibility index (Phi) is 7.84. The van der Waals surface area contributed by atoms with Crippen LogP contribution >= 0.6 is 11.3 Å². The van der Waals surface area contributed by atoms with E-state index >= 15 is 0 Å². The molecule has 36 heavy (non-hydrogen) atoms. The molecule has 8 heteroatoms. The van der Waals surface area contributed by atoms with E-state index in [9.17, 15) is 4.79 Å². The summed E-state index contributed by atoms with van der Waals surface area (Å²) >= 11 is 1.60. The first-order valence-electron chi connectivity index (χ1n) is 11.9. The van der Waals surface area contributed by atoms with Crippen LogP contribution in [0.1, 0.15) is 39.7 Å². The molecule has 0 unspecified atom stereocenters. The molecule has 1 N–H and O–H groups in total. The van der Waals surface area contributed by atoms with Gasteiger partial charge in [-0.2, -0.15) is 0 Å². The van der Waals surface area contributed by atoms with E-state index in [1.54, 1.807) is 38.9 Å². The molecule has 190 valence electrons. The Morgan fingerprint density at radius 2 is 1.78 bits per heavy atom. The predicted molar refractivity (Wildman–Crippen MR) is 148 cm³/mol. The summed E-state index contributed by atoms with van der Waals surface area (Å²) < 4.78 is 16.5. The Morgan fingerprint density at radius 1 is 1.06 bits per heavy atom. The number of carbonyl (C=O) groups is 1. The van der Waals surface area contributed by atoms with Gasteiger partial charge in [0.05, 0.1) is 26.9 Å². The van der Waals surface area contributed by atoms with Gasteiger partial charge in [-0.05, 0) is 67.1 Å². The molecule has 0 radical (unpaired) electrons. The summed E-state index contributed by atoms with van der Waals surface area (Å²) in [7, 11) is 8.72. The largest absolute Gasteiger partial charge is 0.493 e. The van der Waals surface area contributed by atoms with Crippen LogP contribution in [0.2, 0.25) is 0 Å². The van der Waals surface area contributed by atoms with Crippen molar-refractivity contribution in [3.8, 4) is 17.2 Å². The zero-order valence-corrected chi connectivity index (χ0v) is 22.5. The highest BCUT2D eigenvalue weighted by Crippen LogP contribution is 2.43. The van der Waals surface area contributed by atoms with Crippen molar-refractivity contribution in [2.24, 2.45) is 10.9 Å². The van der Waals surface area contributed by atoms with Gasteiger partial charge in [0.15, 0.2) is 11.5 Å². The molecule has 0 spiro atoms. The number of nitrogens with zero attached hydrogens (tertiary/aromatic N) is 2. The maximum Gasteiger partial charge on any atom is 0.259 e. The second-order valence-corrected chi connectivity index (χ2v) is 10.2. The molecule has 1 aliphatic rings. The lowest BCUT2D eigenvalue weighted by Gasteiger charge is -2.18. The van der Waals surface area contributed by atoms with Gasteiger partial charge in [-0.1, -0.05) is 6.92 Å². The molecule has 0 fully saturated rings. The minimum Gasteiger partial charge on any atom is -0.493 e. The van der Waals surface area contributed by atoms with Crippen LogP contribution in [0.3, 0.4) is 0 Å². The third-order valence-electron chi connectivity index (χ3n) is 6.42. The number of rotatable bonds is 8. The fraction of sp³-hybridized carbons (Fsp3) is 0.357. The van der Waals surface area contributed by atoms with E-state index in [4.69, 9.17) is 19.2 Å². The Morgan fingerprint density at radius 3 is 2.42 bits per heavy atom. The number of aliphatic imine (C=N–C) groups is 1.